The zero-order chi connectivity index (χ0) is 14.0. The Kier molecular flexibility index (Phi) is 3.84. The van der Waals surface area contributed by atoms with E-state index in [2.05, 4.69) is 20.8 Å². The van der Waals surface area contributed by atoms with Crippen molar-refractivity contribution in [3.63, 3.8) is 0 Å². The molecule has 1 aliphatic carbocycles. The number of rotatable bonds is 5. The lowest BCUT2D eigenvalue weighted by Gasteiger charge is -2.28. The van der Waals surface area contributed by atoms with Crippen LogP contribution >= 0.6 is 0 Å². The van der Waals surface area contributed by atoms with Crippen LogP contribution in [0.5, 0.6) is 0 Å². The van der Waals surface area contributed by atoms with E-state index in [4.69, 9.17) is 4.74 Å². The molecule has 0 aromatic carbocycles. The first-order valence-corrected chi connectivity index (χ1v) is 6.51. The third kappa shape index (κ3) is 3.28. The maximum atomic E-state index is 11.8. The normalized spacial score (nSPS) is 17.3. The van der Waals surface area contributed by atoms with Gasteiger partial charge in [0.25, 0.3) is 0 Å². The van der Waals surface area contributed by atoms with Crippen molar-refractivity contribution < 1.29 is 9.53 Å². The minimum Gasteiger partial charge on any atom is -0.468 e. The second-order valence-electron chi connectivity index (χ2n) is 5.97. The van der Waals surface area contributed by atoms with Gasteiger partial charge in [-0.15, -0.1) is 5.10 Å². The molecule has 1 aromatic heterocycles. The van der Waals surface area contributed by atoms with Crippen molar-refractivity contribution in [3.8, 4) is 0 Å². The van der Waals surface area contributed by atoms with Crippen LogP contribution in [0.2, 0.25) is 0 Å². The summed E-state index contributed by atoms with van der Waals surface area (Å²) in [6.07, 6.45) is 2.25. The van der Waals surface area contributed by atoms with Gasteiger partial charge >= 0.3 is 5.97 Å². The number of esters is 1. The highest BCUT2D eigenvalue weighted by atomic mass is 16.5. The number of hydrogen-bond acceptors (Lipinski definition) is 6. The molecule has 1 saturated carbocycles. The van der Waals surface area contributed by atoms with Gasteiger partial charge in [0.05, 0.1) is 19.7 Å². The second kappa shape index (κ2) is 5.24. The summed E-state index contributed by atoms with van der Waals surface area (Å²) in [6.45, 7) is 6.43. The largest absolute Gasteiger partial charge is 0.468 e. The Hall–Kier alpha value is -1.50. The molecule has 1 N–H and O–H groups in total. The number of aromatic nitrogens is 4. The predicted molar refractivity (Wildman–Crippen MR) is 68.2 cm³/mol. The maximum absolute atomic E-state index is 11.8. The molecule has 1 aromatic rings. The van der Waals surface area contributed by atoms with Crippen molar-refractivity contribution in [1.82, 2.24) is 25.5 Å². The van der Waals surface area contributed by atoms with E-state index < -0.39 is 0 Å². The molecule has 0 spiro atoms. The Morgan fingerprint density at radius 2 is 2.21 bits per heavy atom. The molecular weight excluding hydrogens is 246 g/mol. The van der Waals surface area contributed by atoms with E-state index in [1.54, 1.807) is 0 Å². The van der Waals surface area contributed by atoms with Crippen molar-refractivity contribution in [2.24, 2.45) is 5.41 Å². The Morgan fingerprint density at radius 1 is 1.53 bits per heavy atom. The number of nitrogens with one attached hydrogen (secondary N) is 1. The van der Waals surface area contributed by atoms with Gasteiger partial charge in [-0.25, -0.2) is 4.68 Å². The fourth-order valence-electron chi connectivity index (χ4n) is 1.99. The first-order valence-electron chi connectivity index (χ1n) is 6.51. The number of ether oxygens (including phenoxy) is 1. The number of carbonyl (C=O) groups is 1. The van der Waals surface area contributed by atoms with Crippen LogP contribution in [0, 0.1) is 5.41 Å². The lowest BCUT2D eigenvalue weighted by Crippen LogP contribution is -2.47. The van der Waals surface area contributed by atoms with Crippen LogP contribution in [0.4, 0.5) is 0 Å². The number of carbonyl (C=O) groups excluding carboxylic acids is 1. The second-order valence-corrected chi connectivity index (χ2v) is 5.97. The van der Waals surface area contributed by atoms with Gasteiger partial charge in [-0.05, 0) is 28.7 Å². The summed E-state index contributed by atoms with van der Waals surface area (Å²) in [6, 6.07) is 0.0415. The molecule has 106 valence electrons. The van der Waals surface area contributed by atoms with Gasteiger partial charge in [0, 0.05) is 0 Å². The van der Waals surface area contributed by atoms with Crippen molar-refractivity contribution in [2.75, 3.05) is 7.11 Å². The van der Waals surface area contributed by atoms with E-state index in [-0.39, 0.29) is 17.4 Å². The molecule has 1 atom stereocenters. The fraction of sp³-hybridized carbons (Fsp3) is 0.833. The van der Waals surface area contributed by atoms with Crippen LogP contribution < -0.4 is 5.32 Å². The van der Waals surface area contributed by atoms with Gasteiger partial charge in [-0.2, -0.15) is 0 Å². The summed E-state index contributed by atoms with van der Waals surface area (Å²) >= 11 is 0. The third-order valence-corrected chi connectivity index (χ3v) is 3.22. The smallest absolute Gasteiger partial charge is 0.323 e. The summed E-state index contributed by atoms with van der Waals surface area (Å²) in [7, 11) is 1.40. The summed E-state index contributed by atoms with van der Waals surface area (Å²) in [5, 5.41) is 14.9. The quantitative estimate of drug-likeness (QED) is 0.790. The Labute approximate surface area is 112 Å². The molecular formula is C12H21N5O2. The van der Waals surface area contributed by atoms with E-state index in [0.717, 1.165) is 18.7 Å². The zero-order valence-corrected chi connectivity index (χ0v) is 11.9. The molecule has 1 heterocycles. The molecule has 0 amide bonds. The topological polar surface area (TPSA) is 81.9 Å². The molecule has 2 rings (SSSR count). The van der Waals surface area contributed by atoms with Crippen molar-refractivity contribution in [3.05, 3.63) is 5.82 Å². The van der Waals surface area contributed by atoms with Crippen molar-refractivity contribution in [1.29, 1.82) is 0 Å². The average Bonchev–Trinajstić information content (AvgIpc) is 3.07. The van der Waals surface area contributed by atoms with E-state index in [1.807, 2.05) is 25.5 Å². The molecule has 0 saturated heterocycles. The van der Waals surface area contributed by atoms with Crippen LogP contribution in [0.1, 0.15) is 45.5 Å². The summed E-state index contributed by atoms with van der Waals surface area (Å²) in [5.74, 6) is 0.499. The van der Waals surface area contributed by atoms with Crippen LogP contribution in [0.3, 0.4) is 0 Å². The van der Waals surface area contributed by atoms with Gasteiger partial charge in [0.15, 0.2) is 5.82 Å². The lowest BCUT2D eigenvalue weighted by molar-refractivity contribution is -0.146. The van der Waals surface area contributed by atoms with Gasteiger partial charge in [0.1, 0.15) is 6.04 Å². The fourth-order valence-corrected chi connectivity index (χ4v) is 1.99. The predicted octanol–water partition coefficient (Wildman–Crippen LogP) is 0.685. The molecule has 7 heteroatoms. The Bertz CT molecular complexity index is 447. The highest BCUT2D eigenvalue weighted by Gasteiger charge is 2.33. The molecule has 0 unspecified atom stereocenters. The first kappa shape index (κ1) is 13.9. The van der Waals surface area contributed by atoms with Crippen molar-refractivity contribution in [2.45, 2.75) is 52.2 Å². The maximum Gasteiger partial charge on any atom is 0.323 e. The molecule has 1 aliphatic rings. The van der Waals surface area contributed by atoms with Crippen LogP contribution in [-0.4, -0.2) is 39.3 Å². The molecule has 0 radical (unpaired) electrons. The van der Waals surface area contributed by atoms with E-state index in [1.165, 1.54) is 7.11 Å². The Morgan fingerprint density at radius 3 is 2.74 bits per heavy atom. The molecule has 7 nitrogen and oxygen atoms in total. The molecule has 1 fully saturated rings. The number of tetrazole rings is 1. The summed E-state index contributed by atoms with van der Waals surface area (Å²) in [5.41, 5.74) is -0.231. The van der Waals surface area contributed by atoms with Crippen molar-refractivity contribution >= 4 is 5.97 Å². The zero-order valence-electron chi connectivity index (χ0n) is 11.9. The number of methoxy groups -OCH3 is 1. The van der Waals surface area contributed by atoms with E-state index >= 15 is 0 Å². The van der Waals surface area contributed by atoms with E-state index in [9.17, 15) is 4.79 Å². The minimum absolute atomic E-state index is 0.231. The lowest BCUT2D eigenvalue weighted by atomic mass is 9.87. The molecule has 19 heavy (non-hydrogen) atoms. The SMILES string of the molecule is COC(=O)[C@@H](NCc1nnnn1C1CC1)C(C)(C)C. The van der Waals surface area contributed by atoms with Gasteiger partial charge in [-0.1, -0.05) is 20.8 Å². The number of nitrogens with zero attached hydrogens (tertiary/aromatic N) is 4. The highest BCUT2D eigenvalue weighted by molar-refractivity contribution is 5.76. The highest BCUT2D eigenvalue weighted by Crippen LogP contribution is 2.34. The minimum atomic E-state index is -0.387. The summed E-state index contributed by atoms with van der Waals surface area (Å²) in [4.78, 5) is 11.8. The summed E-state index contributed by atoms with van der Waals surface area (Å²) < 4.78 is 6.68. The number of hydrogen-bond donors (Lipinski definition) is 1. The monoisotopic (exact) mass is 267 g/mol. The van der Waals surface area contributed by atoms with E-state index in [0.29, 0.717) is 12.6 Å². The average molecular weight is 267 g/mol. The van der Waals surface area contributed by atoms with Crippen LogP contribution in [-0.2, 0) is 16.1 Å². The molecule has 0 aliphatic heterocycles. The van der Waals surface area contributed by atoms with Gasteiger partial charge in [0.2, 0.25) is 0 Å². The standard InChI is InChI=1S/C12H21N5O2/c1-12(2,3)10(11(18)19-4)13-7-9-14-15-16-17(9)8-5-6-8/h8,10,13H,5-7H2,1-4H3/t10-/m1/s1. The van der Waals surface area contributed by atoms with Gasteiger partial charge < -0.3 is 4.74 Å². The molecule has 0 bridgehead atoms. The van der Waals surface area contributed by atoms with Gasteiger partial charge in [-0.3, -0.25) is 10.1 Å². The Balaban J connectivity index is 2.02. The third-order valence-electron chi connectivity index (χ3n) is 3.22. The van der Waals surface area contributed by atoms with Crippen LogP contribution in [0.15, 0.2) is 0 Å². The van der Waals surface area contributed by atoms with Crippen LogP contribution in [0.25, 0.3) is 0 Å². The first-order chi connectivity index (χ1) is 8.93.